The number of hydrogen-bond donors (Lipinski definition) is 0. The molecule has 0 bridgehead atoms. The number of carbonyl (C=O) groups is 1. The fourth-order valence-corrected chi connectivity index (χ4v) is 5.64. The zero-order valence-electron chi connectivity index (χ0n) is 18.0. The van der Waals surface area contributed by atoms with Gasteiger partial charge in [-0.05, 0) is 44.0 Å². The van der Waals surface area contributed by atoms with Crippen molar-refractivity contribution in [2.75, 3.05) is 0 Å². The number of rotatable bonds is 6. The molecule has 0 unspecified atom stereocenters. The van der Waals surface area contributed by atoms with Crippen LogP contribution in [-0.2, 0) is 0 Å². The van der Waals surface area contributed by atoms with Crippen molar-refractivity contribution in [3.05, 3.63) is 125 Å². The third-order valence-corrected chi connectivity index (χ3v) is 7.12. The number of benzene rings is 4. The van der Waals surface area contributed by atoms with Gasteiger partial charge in [0.15, 0.2) is 13.9 Å². The molecule has 4 aromatic rings. The lowest BCUT2D eigenvalue weighted by atomic mass is 9.93. The first kappa shape index (κ1) is 21.0. The number of hydrogen-bond acceptors (Lipinski definition) is 2. The Kier molecular flexibility index (Phi) is 6.30. The van der Waals surface area contributed by atoms with Crippen LogP contribution in [0.5, 0.6) is 5.75 Å². The molecule has 0 N–H and O–H groups in total. The van der Waals surface area contributed by atoms with Crippen LogP contribution in [-0.4, -0.2) is 5.78 Å². The van der Waals surface area contributed by atoms with E-state index in [0.717, 1.165) is 32.9 Å². The predicted octanol–water partition coefficient (Wildman–Crippen LogP) is 6.27. The summed E-state index contributed by atoms with van der Waals surface area (Å²) in [6, 6.07) is 32.1. The van der Waals surface area contributed by atoms with Crippen LogP contribution in [0.15, 0.2) is 97.1 Å². The lowest BCUT2D eigenvalue weighted by molar-refractivity contribution is 0.103. The van der Waals surface area contributed by atoms with Gasteiger partial charge < -0.3 is 4.52 Å². The Balaban J connectivity index is 1.77. The summed E-state index contributed by atoms with van der Waals surface area (Å²) < 4.78 is 6.61. The minimum Gasteiger partial charge on any atom is -0.464 e. The summed E-state index contributed by atoms with van der Waals surface area (Å²) in [6.45, 7) is 6.05. The summed E-state index contributed by atoms with van der Waals surface area (Å²) in [7, 11) is -1.11. The van der Waals surface area contributed by atoms with Gasteiger partial charge in [-0.3, -0.25) is 4.79 Å². The molecule has 0 spiro atoms. The standard InChI is InChI=1S/C28H25O2P/c1-20-18-21(2)27(22(3)19-20)28(29)25-16-10-11-17-26(25)30-31(23-12-6-4-7-13-23)24-14-8-5-9-15-24/h4-19H,1-3H3. The molecule has 0 amide bonds. The van der Waals surface area contributed by atoms with Gasteiger partial charge in [-0.1, -0.05) is 90.5 Å². The molecule has 0 aromatic heterocycles. The van der Waals surface area contributed by atoms with Crippen molar-refractivity contribution in [3.8, 4) is 5.75 Å². The lowest BCUT2D eigenvalue weighted by Crippen LogP contribution is -2.16. The van der Waals surface area contributed by atoms with Gasteiger partial charge in [0.25, 0.3) is 0 Å². The monoisotopic (exact) mass is 424 g/mol. The van der Waals surface area contributed by atoms with Crippen molar-refractivity contribution >= 4 is 24.5 Å². The third-order valence-electron chi connectivity index (χ3n) is 5.21. The van der Waals surface area contributed by atoms with E-state index >= 15 is 0 Å². The van der Waals surface area contributed by atoms with Crippen molar-refractivity contribution < 1.29 is 9.32 Å². The number of aryl methyl sites for hydroxylation is 3. The van der Waals surface area contributed by atoms with Crippen LogP contribution in [0, 0.1) is 20.8 Å². The first-order valence-electron chi connectivity index (χ1n) is 10.3. The topological polar surface area (TPSA) is 26.3 Å². The summed E-state index contributed by atoms with van der Waals surface area (Å²) >= 11 is 0. The molecular formula is C28H25O2P. The molecule has 3 heteroatoms. The Hall–Kier alpha value is -3.22. The first-order valence-corrected chi connectivity index (χ1v) is 11.6. The fraction of sp³-hybridized carbons (Fsp3) is 0.107. The fourth-order valence-electron chi connectivity index (χ4n) is 3.89. The normalized spacial score (nSPS) is 10.8. The van der Waals surface area contributed by atoms with Crippen LogP contribution in [0.4, 0.5) is 0 Å². The third kappa shape index (κ3) is 4.60. The van der Waals surface area contributed by atoms with E-state index < -0.39 is 8.15 Å². The number of carbonyl (C=O) groups excluding carboxylic acids is 1. The highest BCUT2D eigenvalue weighted by molar-refractivity contribution is 7.68. The molecule has 0 fully saturated rings. The Labute approximate surface area is 185 Å². The van der Waals surface area contributed by atoms with Gasteiger partial charge in [0.2, 0.25) is 0 Å². The maximum Gasteiger partial charge on any atom is 0.197 e. The molecule has 154 valence electrons. The Bertz CT molecular complexity index is 1140. The van der Waals surface area contributed by atoms with Gasteiger partial charge in [-0.2, -0.15) is 0 Å². The number of para-hydroxylation sites is 1. The van der Waals surface area contributed by atoms with Crippen LogP contribution in [0.3, 0.4) is 0 Å². The second kappa shape index (κ2) is 9.29. The van der Waals surface area contributed by atoms with E-state index in [2.05, 4.69) is 43.3 Å². The van der Waals surface area contributed by atoms with Crippen molar-refractivity contribution in [1.29, 1.82) is 0 Å². The molecule has 0 aliphatic rings. The van der Waals surface area contributed by atoms with Gasteiger partial charge >= 0.3 is 0 Å². The SMILES string of the molecule is Cc1cc(C)c(C(=O)c2ccccc2OP(c2ccccc2)c2ccccc2)c(C)c1. The van der Waals surface area contributed by atoms with Gasteiger partial charge in [0.05, 0.1) is 5.56 Å². The molecule has 2 nitrogen and oxygen atoms in total. The summed E-state index contributed by atoms with van der Waals surface area (Å²) in [4.78, 5) is 13.6. The minimum atomic E-state index is -1.11. The van der Waals surface area contributed by atoms with Crippen molar-refractivity contribution in [3.63, 3.8) is 0 Å². The van der Waals surface area contributed by atoms with E-state index in [1.54, 1.807) is 0 Å². The predicted molar refractivity (Wildman–Crippen MR) is 130 cm³/mol. The molecule has 0 saturated heterocycles. The lowest BCUT2D eigenvalue weighted by Gasteiger charge is -2.21. The van der Waals surface area contributed by atoms with Gasteiger partial charge in [-0.15, -0.1) is 0 Å². The molecular weight excluding hydrogens is 399 g/mol. The Morgan fingerprint density at radius 3 is 1.71 bits per heavy atom. The molecule has 0 atom stereocenters. The van der Waals surface area contributed by atoms with Crippen LogP contribution in [0.2, 0.25) is 0 Å². The molecule has 4 aromatic carbocycles. The van der Waals surface area contributed by atoms with Crippen molar-refractivity contribution in [2.45, 2.75) is 20.8 Å². The van der Waals surface area contributed by atoms with Gasteiger partial charge in [-0.25, -0.2) is 0 Å². The van der Waals surface area contributed by atoms with E-state index in [9.17, 15) is 4.79 Å². The highest BCUT2D eigenvalue weighted by Gasteiger charge is 2.23. The van der Waals surface area contributed by atoms with Gasteiger partial charge in [0, 0.05) is 16.2 Å². The maximum atomic E-state index is 13.6. The largest absolute Gasteiger partial charge is 0.464 e. The highest BCUT2D eigenvalue weighted by Crippen LogP contribution is 2.39. The second-order valence-corrected chi connectivity index (χ2v) is 9.46. The quantitative estimate of drug-likeness (QED) is 0.269. The summed E-state index contributed by atoms with van der Waals surface area (Å²) in [5, 5.41) is 2.21. The molecule has 31 heavy (non-hydrogen) atoms. The molecule has 0 aliphatic carbocycles. The molecule has 0 aliphatic heterocycles. The molecule has 0 saturated carbocycles. The van der Waals surface area contributed by atoms with Crippen LogP contribution in [0.25, 0.3) is 0 Å². The zero-order chi connectivity index (χ0) is 21.8. The van der Waals surface area contributed by atoms with E-state index in [4.69, 9.17) is 4.52 Å². The van der Waals surface area contributed by atoms with Crippen LogP contribution >= 0.6 is 8.15 Å². The summed E-state index contributed by atoms with van der Waals surface area (Å²) in [5.74, 6) is 0.618. The summed E-state index contributed by atoms with van der Waals surface area (Å²) in [5.41, 5.74) is 4.49. The first-order chi connectivity index (χ1) is 15.0. The average molecular weight is 424 g/mol. The summed E-state index contributed by atoms with van der Waals surface area (Å²) in [6.07, 6.45) is 0. The highest BCUT2D eigenvalue weighted by atomic mass is 31.1. The van der Waals surface area contributed by atoms with Gasteiger partial charge in [0.1, 0.15) is 5.75 Å². The molecule has 0 heterocycles. The number of ketones is 1. The van der Waals surface area contributed by atoms with Crippen molar-refractivity contribution in [2.24, 2.45) is 0 Å². The average Bonchev–Trinajstić information content (AvgIpc) is 2.78. The Morgan fingerprint density at radius 2 is 1.16 bits per heavy atom. The second-order valence-electron chi connectivity index (χ2n) is 7.66. The van der Waals surface area contributed by atoms with E-state index in [1.807, 2.05) is 74.5 Å². The van der Waals surface area contributed by atoms with E-state index in [1.165, 1.54) is 0 Å². The zero-order valence-corrected chi connectivity index (χ0v) is 18.9. The smallest absolute Gasteiger partial charge is 0.197 e. The van der Waals surface area contributed by atoms with Crippen LogP contribution < -0.4 is 15.1 Å². The van der Waals surface area contributed by atoms with Crippen molar-refractivity contribution in [1.82, 2.24) is 0 Å². The molecule has 0 radical (unpaired) electrons. The van der Waals surface area contributed by atoms with Crippen LogP contribution in [0.1, 0.15) is 32.6 Å². The molecule has 4 rings (SSSR count). The van der Waals surface area contributed by atoms with E-state index in [0.29, 0.717) is 11.3 Å². The maximum absolute atomic E-state index is 13.6. The minimum absolute atomic E-state index is 0.00155. The Morgan fingerprint density at radius 1 is 0.677 bits per heavy atom. The van der Waals surface area contributed by atoms with E-state index in [-0.39, 0.29) is 5.78 Å².